The smallest absolute Gasteiger partial charge is 0.385 e. The first kappa shape index (κ1) is 8.69. The average molecular weight is 181 g/mol. The SMILES string of the molecule is NC1=CC(=O)NC(C(F)(F)F)N1. The van der Waals surface area contributed by atoms with Gasteiger partial charge in [0.05, 0.1) is 0 Å². The number of carbonyl (C=O) groups is 1. The summed E-state index contributed by atoms with van der Waals surface area (Å²) in [6.45, 7) is 0. The van der Waals surface area contributed by atoms with E-state index < -0.39 is 18.2 Å². The van der Waals surface area contributed by atoms with Gasteiger partial charge in [0.2, 0.25) is 5.91 Å². The van der Waals surface area contributed by atoms with Gasteiger partial charge in [0.25, 0.3) is 0 Å². The molecular formula is C5H6F3N3O. The Labute approximate surface area is 65.6 Å². The minimum Gasteiger partial charge on any atom is -0.385 e. The maximum Gasteiger partial charge on any atom is 0.427 e. The van der Waals surface area contributed by atoms with Crippen LogP contribution < -0.4 is 16.4 Å². The fourth-order valence-electron chi connectivity index (χ4n) is 0.733. The molecule has 0 radical (unpaired) electrons. The highest BCUT2D eigenvalue weighted by Gasteiger charge is 2.42. The lowest BCUT2D eigenvalue weighted by Crippen LogP contribution is -2.57. The fraction of sp³-hybridized carbons (Fsp3) is 0.400. The zero-order valence-electron chi connectivity index (χ0n) is 5.77. The molecule has 0 saturated heterocycles. The third-order valence-corrected chi connectivity index (χ3v) is 1.21. The maximum atomic E-state index is 11.9. The summed E-state index contributed by atoms with van der Waals surface area (Å²) in [4.78, 5) is 10.5. The van der Waals surface area contributed by atoms with E-state index in [9.17, 15) is 18.0 Å². The van der Waals surface area contributed by atoms with Gasteiger partial charge in [-0.3, -0.25) is 4.79 Å². The van der Waals surface area contributed by atoms with Crippen LogP contribution in [0.25, 0.3) is 0 Å². The van der Waals surface area contributed by atoms with Crippen molar-refractivity contribution in [3.05, 3.63) is 11.9 Å². The van der Waals surface area contributed by atoms with Crippen LogP contribution in [-0.4, -0.2) is 18.2 Å². The van der Waals surface area contributed by atoms with Gasteiger partial charge in [0.1, 0.15) is 5.82 Å². The zero-order valence-corrected chi connectivity index (χ0v) is 5.77. The highest BCUT2D eigenvalue weighted by Crippen LogP contribution is 2.19. The van der Waals surface area contributed by atoms with Crippen molar-refractivity contribution in [2.45, 2.75) is 12.3 Å². The van der Waals surface area contributed by atoms with Crippen molar-refractivity contribution in [2.75, 3.05) is 0 Å². The molecule has 1 rings (SSSR count). The molecule has 7 heteroatoms. The molecule has 68 valence electrons. The second-order valence-corrected chi connectivity index (χ2v) is 2.23. The Kier molecular flexibility index (Phi) is 1.87. The van der Waals surface area contributed by atoms with Crippen molar-refractivity contribution in [3.63, 3.8) is 0 Å². The van der Waals surface area contributed by atoms with Gasteiger partial charge < -0.3 is 16.4 Å². The van der Waals surface area contributed by atoms with Gasteiger partial charge in [-0.25, -0.2) is 0 Å². The topological polar surface area (TPSA) is 67.2 Å². The van der Waals surface area contributed by atoms with Crippen molar-refractivity contribution >= 4 is 5.91 Å². The average Bonchev–Trinajstić information content (AvgIpc) is 1.82. The van der Waals surface area contributed by atoms with E-state index in [2.05, 4.69) is 0 Å². The van der Waals surface area contributed by atoms with Gasteiger partial charge in [-0.1, -0.05) is 0 Å². The molecule has 1 heterocycles. The van der Waals surface area contributed by atoms with Crippen LogP contribution in [0.1, 0.15) is 0 Å². The number of hydrogen-bond acceptors (Lipinski definition) is 3. The predicted octanol–water partition coefficient (Wildman–Crippen LogP) is -0.606. The fourth-order valence-corrected chi connectivity index (χ4v) is 0.733. The van der Waals surface area contributed by atoms with Gasteiger partial charge in [-0.05, 0) is 0 Å². The summed E-state index contributed by atoms with van der Waals surface area (Å²) in [6.07, 6.45) is -5.77. The number of halogens is 3. The summed E-state index contributed by atoms with van der Waals surface area (Å²) in [6, 6.07) is 0. The Morgan fingerprint density at radius 2 is 2.00 bits per heavy atom. The number of amides is 1. The van der Waals surface area contributed by atoms with Gasteiger partial charge in [0, 0.05) is 6.08 Å². The Balaban J connectivity index is 2.74. The summed E-state index contributed by atoms with van der Waals surface area (Å²) in [5.74, 6) is -1.14. The van der Waals surface area contributed by atoms with Crippen LogP contribution in [0.15, 0.2) is 11.9 Å². The molecule has 4 N–H and O–H groups in total. The zero-order chi connectivity index (χ0) is 9.35. The number of carbonyl (C=O) groups excluding carboxylic acids is 1. The largest absolute Gasteiger partial charge is 0.427 e. The monoisotopic (exact) mass is 181 g/mol. The predicted molar refractivity (Wildman–Crippen MR) is 33.4 cm³/mol. The molecule has 0 spiro atoms. The lowest BCUT2D eigenvalue weighted by atomic mass is 10.3. The van der Waals surface area contributed by atoms with Crippen molar-refractivity contribution in [1.82, 2.24) is 10.6 Å². The summed E-state index contributed by atoms with van der Waals surface area (Å²) >= 11 is 0. The van der Waals surface area contributed by atoms with E-state index in [-0.39, 0.29) is 5.82 Å². The Hall–Kier alpha value is -1.40. The molecular weight excluding hydrogens is 175 g/mol. The third kappa shape index (κ3) is 1.80. The molecule has 1 atom stereocenters. The number of nitrogens with one attached hydrogen (secondary N) is 2. The number of alkyl halides is 3. The van der Waals surface area contributed by atoms with Gasteiger partial charge in [-0.15, -0.1) is 0 Å². The summed E-state index contributed by atoms with van der Waals surface area (Å²) in [7, 11) is 0. The molecule has 1 aliphatic heterocycles. The third-order valence-electron chi connectivity index (χ3n) is 1.21. The molecule has 4 nitrogen and oxygen atoms in total. The standard InChI is InChI=1S/C5H6F3N3O/c6-5(7,8)4-10-2(9)1-3(12)11-4/h1,4,10H,9H2,(H,11,12). The molecule has 0 aliphatic carbocycles. The second kappa shape index (κ2) is 2.58. The van der Waals surface area contributed by atoms with Crippen molar-refractivity contribution in [2.24, 2.45) is 5.73 Å². The van der Waals surface area contributed by atoms with Gasteiger partial charge >= 0.3 is 6.18 Å². The van der Waals surface area contributed by atoms with Crippen LogP contribution >= 0.6 is 0 Å². The molecule has 0 aromatic rings. The van der Waals surface area contributed by atoms with E-state index in [4.69, 9.17) is 5.73 Å². The first-order chi connectivity index (χ1) is 5.39. The highest BCUT2D eigenvalue weighted by atomic mass is 19.4. The van der Waals surface area contributed by atoms with E-state index in [1.165, 1.54) is 0 Å². The molecule has 1 aliphatic rings. The normalized spacial score (nSPS) is 24.1. The van der Waals surface area contributed by atoms with E-state index in [0.717, 1.165) is 6.08 Å². The molecule has 1 amide bonds. The summed E-state index contributed by atoms with van der Waals surface area (Å²) in [5.41, 5.74) is 5.00. The minimum absolute atomic E-state index is 0.291. The Bertz CT molecular complexity index is 235. The van der Waals surface area contributed by atoms with Crippen molar-refractivity contribution < 1.29 is 18.0 Å². The van der Waals surface area contributed by atoms with E-state index in [1.54, 1.807) is 5.32 Å². The molecule has 1 unspecified atom stereocenters. The van der Waals surface area contributed by atoms with E-state index in [1.807, 2.05) is 5.32 Å². The first-order valence-corrected chi connectivity index (χ1v) is 3.00. The lowest BCUT2D eigenvalue weighted by Gasteiger charge is -2.26. The highest BCUT2D eigenvalue weighted by molar-refractivity contribution is 5.89. The second-order valence-electron chi connectivity index (χ2n) is 2.23. The van der Waals surface area contributed by atoms with Gasteiger partial charge in [0.15, 0.2) is 6.17 Å². The lowest BCUT2D eigenvalue weighted by molar-refractivity contribution is -0.166. The number of hydrogen-bond donors (Lipinski definition) is 3. The molecule has 0 aromatic heterocycles. The maximum absolute atomic E-state index is 11.9. The molecule has 0 aromatic carbocycles. The van der Waals surface area contributed by atoms with Crippen molar-refractivity contribution in [3.8, 4) is 0 Å². The quantitative estimate of drug-likeness (QED) is 0.467. The molecule has 0 bridgehead atoms. The van der Waals surface area contributed by atoms with Crippen LogP contribution in [0.2, 0.25) is 0 Å². The first-order valence-electron chi connectivity index (χ1n) is 3.00. The van der Waals surface area contributed by atoms with Crippen molar-refractivity contribution in [1.29, 1.82) is 0 Å². The van der Waals surface area contributed by atoms with E-state index in [0.29, 0.717) is 0 Å². The number of rotatable bonds is 0. The number of nitrogens with two attached hydrogens (primary N) is 1. The van der Waals surface area contributed by atoms with E-state index >= 15 is 0 Å². The Morgan fingerprint density at radius 1 is 1.42 bits per heavy atom. The van der Waals surface area contributed by atoms with Crippen LogP contribution in [0, 0.1) is 0 Å². The van der Waals surface area contributed by atoms with Crippen LogP contribution in [0.3, 0.4) is 0 Å². The molecule has 0 saturated carbocycles. The Morgan fingerprint density at radius 3 is 2.42 bits per heavy atom. The van der Waals surface area contributed by atoms with Crippen LogP contribution in [0.5, 0.6) is 0 Å². The van der Waals surface area contributed by atoms with Gasteiger partial charge in [-0.2, -0.15) is 13.2 Å². The minimum atomic E-state index is -4.53. The van der Waals surface area contributed by atoms with Crippen LogP contribution in [-0.2, 0) is 4.79 Å². The summed E-state index contributed by atoms with van der Waals surface area (Å²) < 4.78 is 35.8. The molecule has 0 fully saturated rings. The molecule has 12 heavy (non-hydrogen) atoms. The van der Waals surface area contributed by atoms with Crippen LogP contribution in [0.4, 0.5) is 13.2 Å². The summed E-state index contributed by atoms with van der Waals surface area (Å²) in [5, 5.41) is 3.52.